The van der Waals surface area contributed by atoms with Crippen LogP contribution in [0.5, 0.6) is 5.75 Å². The zero-order chi connectivity index (χ0) is 18.4. The van der Waals surface area contributed by atoms with Gasteiger partial charge in [0.1, 0.15) is 5.75 Å². The van der Waals surface area contributed by atoms with E-state index >= 15 is 0 Å². The number of likely N-dealkylation sites (tertiary alicyclic amines) is 1. The Hall–Kier alpha value is -2.15. The van der Waals surface area contributed by atoms with Gasteiger partial charge in [0.2, 0.25) is 0 Å². The minimum atomic E-state index is -0.311. The molecule has 25 heavy (non-hydrogen) atoms. The average molecular weight is 370 g/mol. The van der Waals surface area contributed by atoms with Crippen molar-refractivity contribution in [2.45, 2.75) is 32.7 Å². The molecule has 0 aliphatic carbocycles. The van der Waals surface area contributed by atoms with Crippen LogP contribution in [-0.2, 0) is 4.74 Å². The van der Waals surface area contributed by atoms with Crippen LogP contribution in [0.15, 0.2) is 12.1 Å². The molecule has 1 aromatic rings. The van der Waals surface area contributed by atoms with Crippen LogP contribution in [0.2, 0.25) is 5.02 Å². The third-order valence-electron chi connectivity index (χ3n) is 4.09. The van der Waals surface area contributed by atoms with Crippen LogP contribution < -0.4 is 15.4 Å². The molecule has 2 N–H and O–H groups in total. The molecule has 7 nitrogen and oxygen atoms in total. The molecule has 0 saturated carbocycles. The first-order valence-electron chi connectivity index (χ1n) is 8.28. The summed E-state index contributed by atoms with van der Waals surface area (Å²) in [6.07, 6.45) is 1.07. The number of hydrogen-bond acceptors (Lipinski definition) is 4. The first-order valence-corrected chi connectivity index (χ1v) is 8.65. The Morgan fingerprint density at radius 2 is 2.00 bits per heavy atom. The SMILES string of the molecule is CCOC(=O)N1CCC(NC(=O)Nc2cc(C)c(Cl)cc2OC)CC1. The van der Waals surface area contributed by atoms with Gasteiger partial charge in [-0.3, -0.25) is 0 Å². The van der Waals surface area contributed by atoms with Crippen LogP contribution in [0.3, 0.4) is 0 Å². The highest BCUT2D eigenvalue weighted by atomic mass is 35.5. The summed E-state index contributed by atoms with van der Waals surface area (Å²) in [5, 5.41) is 6.30. The third kappa shape index (κ3) is 5.16. The highest BCUT2D eigenvalue weighted by molar-refractivity contribution is 6.31. The fraction of sp³-hybridized carbons (Fsp3) is 0.529. The van der Waals surface area contributed by atoms with Crippen molar-refractivity contribution in [2.75, 3.05) is 32.1 Å². The molecule has 1 aromatic carbocycles. The molecule has 8 heteroatoms. The number of ether oxygens (including phenoxy) is 2. The fourth-order valence-corrected chi connectivity index (χ4v) is 2.85. The van der Waals surface area contributed by atoms with E-state index in [4.69, 9.17) is 21.1 Å². The number of urea groups is 1. The number of aryl methyl sites for hydroxylation is 1. The minimum Gasteiger partial charge on any atom is -0.495 e. The number of nitrogens with one attached hydrogen (secondary N) is 2. The molecule has 0 unspecified atom stereocenters. The molecule has 0 radical (unpaired) electrons. The molecule has 2 rings (SSSR count). The molecule has 0 atom stereocenters. The van der Waals surface area contributed by atoms with Gasteiger partial charge in [0, 0.05) is 30.2 Å². The molecular formula is C17H24ClN3O4. The zero-order valence-electron chi connectivity index (χ0n) is 14.7. The van der Waals surface area contributed by atoms with Gasteiger partial charge in [-0.15, -0.1) is 0 Å². The van der Waals surface area contributed by atoms with E-state index < -0.39 is 0 Å². The Labute approximate surface area is 152 Å². The third-order valence-corrected chi connectivity index (χ3v) is 4.49. The van der Waals surface area contributed by atoms with E-state index in [1.807, 2.05) is 6.92 Å². The molecule has 0 spiro atoms. The Bertz CT molecular complexity index is 631. The maximum absolute atomic E-state index is 12.2. The number of rotatable bonds is 4. The topological polar surface area (TPSA) is 79.9 Å². The normalized spacial score (nSPS) is 14.8. The van der Waals surface area contributed by atoms with E-state index in [2.05, 4.69) is 10.6 Å². The number of nitrogens with zero attached hydrogens (tertiary/aromatic N) is 1. The number of benzene rings is 1. The molecule has 0 aromatic heterocycles. The van der Waals surface area contributed by atoms with Gasteiger partial charge in [0.15, 0.2) is 0 Å². The molecule has 1 aliphatic heterocycles. The van der Waals surface area contributed by atoms with Crippen LogP contribution >= 0.6 is 11.6 Å². The van der Waals surface area contributed by atoms with Crippen molar-refractivity contribution in [3.05, 3.63) is 22.7 Å². The first kappa shape index (κ1) is 19.2. The van der Waals surface area contributed by atoms with Gasteiger partial charge in [-0.25, -0.2) is 9.59 Å². The van der Waals surface area contributed by atoms with Crippen molar-refractivity contribution in [2.24, 2.45) is 0 Å². The van der Waals surface area contributed by atoms with E-state index in [0.29, 0.717) is 49.0 Å². The van der Waals surface area contributed by atoms with Crippen molar-refractivity contribution in [3.8, 4) is 5.75 Å². The average Bonchev–Trinajstić information content (AvgIpc) is 2.58. The molecule has 138 valence electrons. The predicted molar refractivity (Wildman–Crippen MR) is 96.5 cm³/mol. The number of hydrogen-bond donors (Lipinski definition) is 2. The van der Waals surface area contributed by atoms with Crippen molar-refractivity contribution >= 4 is 29.4 Å². The van der Waals surface area contributed by atoms with Crippen LogP contribution in [0, 0.1) is 6.92 Å². The van der Waals surface area contributed by atoms with Crippen molar-refractivity contribution in [3.63, 3.8) is 0 Å². The first-order chi connectivity index (χ1) is 11.9. The van der Waals surface area contributed by atoms with E-state index in [0.717, 1.165) is 5.56 Å². The van der Waals surface area contributed by atoms with Gasteiger partial charge in [-0.1, -0.05) is 11.6 Å². The maximum Gasteiger partial charge on any atom is 0.409 e. The molecule has 1 fully saturated rings. The summed E-state index contributed by atoms with van der Waals surface area (Å²) in [7, 11) is 1.52. The Morgan fingerprint density at radius 1 is 1.32 bits per heavy atom. The molecule has 1 aliphatic rings. The second kappa shape index (κ2) is 8.80. The van der Waals surface area contributed by atoms with Crippen LogP contribution in [0.25, 0.3) is 0 Å². The lowest BCUT2D eigenvalue weighted by Gasteiger charge is -2.31. The minimum absolute atomic E-state index is 0.00469. The molecule has 0 bridgehead atoms. The number of carbonyl (C=O) groups is 2. The monoisotopic (exact) mass is 369 g/mol. The van der Waals surface area contributed by atoms with Crippen LogP contribution in [0.4, 0.5) is 15.3 Å². The lowest BCUT2D eigenvalue weighted by Crippen LogP contribution is -2.47. The Balaban J connectivity index is 1.88. The van der Waals surface area contributed by atoms with Gasteiger partial charge in [-0.2, -0.15) is 0 Å². The zero-order valence-corrected chi connectivity index (χ0v) is 15.5. The highest BCUT2D eigenvalue weighted by Gasteiger charge is 2.24. The number of methoxy groups -OCH3 is 1. The molecular weight excluding hydrogens is 346 g/mol. The number of anilines is 1. The predicted octanol–water partition coefficient (Wildman–Crippen LogP) is 3.40. The van der Waals surface area contributed by atoms with E-state index in [-0.39, 0.29) is 18.2 Å². The summed E-state index contributed by atoms with van der Waals surface area (Å²) in [5.41, 5.74) is 1.41. The Kier molecular flexibility index (Phi) is 6.75. The van der Waals surface area contributed by atoms with Gasteiger partial charge in [-0.05, 0) is 38.3 Å². The summed E-state index contributed by atoms with van der Waals surface area (Å²) in [5.74, 6) is 0.503. The van der Waals surface area contributed by atoms with Gasteiger partial charge >= 0.3 is 12.1 Å². The van der Waals surface area contributed by atoms with Crippen LogP contribution in [-0.4, -0.2) is 49.9 Å². The summed E-state index contributed by atoms with van der Waals surface area (Å²) in [6, 6.07) is 3.13. The number of halogens is 1. The van der Waals surface area contributed by atoms with Gasteiger partial charge in [0.25, 0.3) is 0 Å². The summed E-state index contributed by atoms with van der Waals surface area (Å²) < 4.78 is 10.2. The number of amides is 3. The summed E-state index contributed by atoms with van der Waals surface area (Å²) in [6.45, 7) is 5.13. The summed E-state index contributed by atoms with van der Waals surface area (Å²) >= 11 is 6.07. The number of piperidine rings is 1. The van der Waals surface area contributed by atoms with Crippen LogP contribution in [0.1, 0.15) is 25.3 Å². The van der Waals surface area contributed by atoms with E-state index in [1.54, 1.807) is 24.0 Å². The fourth-order valence-electron chi connectivity index (χ4n) is 2.69. The number of carbonyl (C=O) groups excluding carboxylic acids is 2. The molecule has 3 amide bonds. The second-order valence-electron chi connectivity index (χ2n) is 5.86. The lowest BCUT2D eigenvalue weighted by molar-refractivity contribution is 0.0959. The van der Waals surface area contributed by atoms with Crippen molar-refractivity contribution in [1.29, 1.82) is 0 Å². The molecule has 1 saturated heterocycles. The van der Waals surface area contributed by atoms with E-state index in [1.165, 1.54) is 7.11 Å². The highest BCUT2D eigenvalue weighted by Crippen LogP contribution is 2.30. The second-order valence-corrected chi connectivity index (χ2v) is 6.27. The van der Waals surface area contributed by atoms with Gasteiger partial charge < -0.3 is 25.0 Å². The Morgan fingerprint density at radius 3 is 2.60 bits per heavy atom. The summed E-state index contributed by atoms with van der Waals surface area (Å²) in [4.78, 5) is 25.6. The van der Waals surface area contributed by atoms with Gasteiger partial charge in [0.05, 0.1) is 19.4 Å². The smallest absolute Gasteiger partial charge is 0.409 e. The lowest BCUT2D eigenvalue weighted by atomic mass is 10.1. The molecule has 1 heterocycles. The van der Waals surface area contributed by atoms with Crippen molar-refractivity contribution in [1.82, 2.24) is 10.2 Å². The van der Waals surface area contributed by atoms with Crippen molar-refractivity contribution < 1.29 is 19.1 Å². The maximum atomic E-state index is 12.2. The van der Waals surface area contributed by atoms with E-state index in [9.17, 15) is 9.59 Å². The largest absolute Gasteiger partial charge is 0.495 e. The quantitative estimate of drug-likeness (QED) is 0.852. The standard InChI is InChI=1S/C17H24ClN3O4/c1-4-25-17(23)21-7-5-12(6-8-21)19-16(22)20-14-9-11(2)13(18)10-15(14)24-3/h9-10,12H,4-8H2,1-3H3,(H2,19,20,22).